The first-order valence-corrected chi connectivity index (χ1v) is 21.4. The molecule has 6 aromatic rings. The van der Waals surface area contributed by atoms with Crippen LogP contribution in [0.2, 0.25) is 0 Å². The summed E-state index contributed by atoms with van der Waals surface area (Å²) < 4.78 is 16.9. The van der Waals surface area contributed by atoms with E-state index >= 15 is 0 Å². The number of nitrogens with zero attached hydrogens (tertiary/aromatic N) is 4. The Kier molecular flexibility index (Phi) is 10.9. The van der Waals surface area contributed by atoms with Crippen LogP contribution in [0.3, 0.4) is 0 Å². The van der Waals surface area contributed by atoms with Crippen molar-refractivity contribution in [2.24, 2.45) is 0 Å². The van der Waals surface area contributed by atoms with Crippen molar-refractivity contribution in [2.45, 2.75) is 88.3 Å². The van der Waals surface area contributed by atoms with Gasteiger partial charge in [0.25, 0.3) is 11.1 Å². The van der Waals surface area contributed by atoms with Crippen molar-refractivity contribution in [1.29, 1.82) is 0 Å². The number of hydrogen-bond acceptors (Lipinski definition) is 8. The molecule has 12 heteroatoms. The molecular formula is C50H46N4O8-2. The van der Waals surface area contributed by atoms with Crippen LogP contribution in [0.25, 0.3) is 34.9 Å². The molecule has 4 aromatic carbocycles. The number of esters is 2. The van der Waals surface area contributed by atoms with E-state index in [1.807, 2.05) is 72.8 Å². The Balaban J connectivity index is 0.000000158. The molecular weight excluding hydrogens is 785 g/mol. The Morgan fingerprint density at radius 2 is 0.710 bits per heavy atom. The number of hydrogen-bond donors (Lipinski definition) is 0. The zero-order valence-corrected chi connectivity index (χ0v) is 34.2. The summed E-state index contributed by atoms with van der Waals surface area (Å²) >= 11 is 0. The Hall–Kier alpha value is -7.08. The highest BCUT2D eigenvalue weighted by atomic mass is 16.6. The van der Waals surface area contributed by atoms with Crippen molar-refractivity contribution < 1.29 is 29.3 Å². The van der Waals surface area contributed by atoms with E-state index in [1.165, 1.54) is 30.9 Å². The molecule has 2 aromatic heterocycles. The van der Waals surface area contributed by atoms with Crippen molar-refractivity contribution in [3.63, 3.8) is 0 Å². The predicted octanol–water partition coefficient (Wildman–Crippen LogP) is 7.47. The van der Waals surface area contributed by atoms with Crippen LogP contribution < -0.4 is 21.3 Å². The Morgan fingerprint density at radius 1 is 0.419 bits per heavy atom. The average molecular weight is 831 g/mol. The van der Waals surface area contributed by atoms with E-state index < -0.39 is 46.0 Å². The molecule has 0 unspecified atom stereocenters. The summed E-state index contributed by atoms with van der Waals surface area (Å²) in [6, 6.07) is 36.1. The van der Waals surface area contributed by atoms with Gasteiger partial charge < -0.3 is 19.7 Å². The third-order valence-electron chi connectivity index (χ3n) is 12.4. The van der Waals surface area contributed by atoms with E-state index in [-0.39, 0.29) is 11.1 Å². The molecule has 10 rings (SSSR count). The van der Waals surface area contributed by atoms with Crippen LogP contribution in [0, 0.1) is 0 Å². The van der Waals surface area contributed by atoms with Crippen molar-refractivity contribution in [3.05, 3.63) is 164 Å². The van der Waals surface area contributed by atoms with Gasteiger partial charge in [-0.3, -0.25) is 19.0 Å². The molecule has 2 spiro atoms. The highest BCUT2D eigenvalue weighted by Gasteiger charge is 2.45. The van der Waals surface area contributed by atoms with Gasteiger partial charge >= 0.3 is 11.9 Å². The Bertz CT molecular complexity index is 2590. The van der Waals surface area contributed by atoms with Gasteiger partial charge in [-0.15, -0.1) is 0 Å². The van der Waals surface area contributed by atoms with Crippen LogP contribution in [0.15, 0.2) is 142 Å². The maximum atomic E-state index is 13.4. The number of para-hydroxylation sites is 4. The minimum atomic E-state index is -0.468. The molecule has 0 amide bonds. The molecule has 0 N–H and O–H groups in total. The molecule has 4 heterocycles. The third kappa shape index (κ3) is 7.61. The van der Waals surface area contributed by atoms with Crippen LogP contribution in [-0.4, -0.2) is 41.9 Å². The maximum absolute atomic E-state index is 13.4. The highest BCUT2D eigenvalue weighted by Crippen LogP contribution is 2.44. The number of carbonyl (C=O) groups excluding carboxylic acids is 2. The van der Waals surface area contributed by atoms with Gasteiger partial charge in [-0.05, 0) is 112 Å². The summed E-state index contributed by atoms with van der Waals surface area (Å²) in [5.41, 5.74) is 1.24. The van der Waals surface area contributed by atoms with Gasteiger partial charge in [-0.2, -0.15) is 0 Å². The summed E-state index contributed by atoms with van der Waals surface area (Å²) in [6.45, 7) is 0. The normalized spacial score (nSPS) is 19.1. The van der Waals surface area contributed by atoms with Gasteiger partial charge in [-0.25, -0.2) is 19.0 Å². The molecule has 12 nitrogen and oxygen atoms in total. The minimum absolute atomic E-state index is 0.0208. The van der Waals surface area contributed by atoms with Crippen molar-refractivity contribution >= 4 is 24.1 Å². The zero-order valence-electron chi connectivity index (χ0n) is 34.2. The summed E-state index contributed by atoms with van der Waals surface area (Å²) in [5, 5.41) is 26.8. The molecule has 2 aliphatic carbocycles. The van der Waals surface area contributed by atoms with Gasteiger partial charge in [-0.1, -0.05) is 85.6 Å². The van der Waals surface area contributed by atoms with Crippen LogP contribution in [-0.2, 0) is 19.1 Å². The molecule has 4 fully saturated rings. The predicted molar refractivity (Wildman–Crippen MR) is 231 cm³/mol. The van der Waals surface area contributed by atoms with Crippen molar-refractivity contribution in [2.75, 3.05) is 0 Å². The second kappa shape index (κ2) is 16.8. The number of ether oxygens (including phenoxy) is 2. The van der Waals surface area contributed by atoms with Gasteiger partial charge in [0, 0.05) is 35.7 Å². The molecule has 62 heavy (non-hydrogen) atoms. The fourth-order valence-electron chi connectivity index (χ4n) is 9.41. The number of benzene rings is 4. The van der Waals surface area contributed by atoms with E-state index in [9.17, 15) is 29.4 Å². The van der Waals surface area contributed by atoms with E-state index in [0.717, 1.165) is 64.2 Å². The number of aromatic nitrogens is 4. The Labute approximate surface area is 358 Å². The zero-order chi connectivity index (χ0) is 42.8. The van der Waals surface area contributed by atoms with Crippen LogP contribution in [0.4, 0.5) is 0 Å². The van der Waals surface area contributed by atoms with Gasteiger partial charge in [0.05, 0.1) is 33.9 Å². The van der Waals surface area contributed by atoms with E-state index in [2.05, 4.69) is 0 Å². The molecule has 4 aliphatic rings. The SMILES string of the molecule is O=C1OC2(CCCCC2)CC1=Cc1c([O-])n(-c2ccccc2)n(-c2ccccc2)c1=O.O=C1OC2(CCCCC2)CC1=Cc1c([O-])n(-c2ccccc2)n(-c2ccccc2)c1=O. The van der Waals surface area contributed by atoms with Crippen molar-refractivity contribution in [3.8, 4) is 34.5 Å². The van der Waals surface area contributed by atoms with Crippen LogP contribution in [0.1, 0.15) is 88.2 Å². The summed E-state index contributed by atoms with van der Waals surface area (Å²) in [5.74, 6) is -1.74. The number of rotatable bonds is 6. The fraction of sp³-hybridized carbons (Fsp3) is 0.280. The lowest BCUT2D eigenvalue weighted by molar-refractivity contribution is -0.279. The van der Waals surface area contributed by atoms with Crippen LogP contribution >= 0.6 is 0 Å². The van der Waals surface area contributed by atoms with Gasteiger partial charge in [0.2, 0.25) is 0 Å². The van der Waals surface area contributed by atoms with Gasteiger partial charge in [0.15, 0.2) is 0 Å². The third-order valence-corrected chi connectivity index (χ3v) is 12.4. The van der Waals surface area contributed by atoms with Crippen molar-refractivity contribution in [1.82, 2.24) is 18.7 Å². The quantitative estimate of drug-likeness (QED) is 0.124. The van der Waals surface area contributed by atoms with E-state index in [4.69, 9.17) is 9.47 Å². The Morgan fingerprint density at radius 3 is 1.02 bits per heavy atom. The van der Waals surface area contributed by atoms with E-state index in [1.54, 1.807) is 48.5 Å². The summed E-state index contributed by atoms with van der Waals surface area (Å²) in [6.07, 6.45) is 13.5. The summed E-state index contributed by atoms with van der Waals surface area (Å²) in [4.78, 5) is 52.0. The lowest BCUT2D eigenvalue weighted by Gasteiger charge is -2.31. The standard InChI is InChI=1S/2C25H24N2O4/c2*28-22-21(16-18-17-25(31-24(18)30)14-8-3-9-15-25)23(29)27(20-12-6-2-7-13-20)26(22)19-10-4-1-5-11-19/h2*1-2,4-7,10-13,16,28H,3,8-9,14-15,17H2/p-2. The molecule has 2 aliphatic heterocycles. The first-order valence-electron chi connectivity index (χ1n) is 21.4. The van der Waals surface area contributed by atoms with E-state index in [0.29, 0.717) is 46.7 Å². The second-order valence-electron chi connectivity index (χ2n) is 16.6. The first-order chi connectivity index (χ1) is 30.2. The summed E-state index contributed by atoms with van der Waals surface area (Å²) in [7, 11) is 0. The minimum Gasteiger partial charge on any atom is -0.858 e. The fourth-order valence-corrected chi connectivity index (χ4v) is 9.41. The molecule has 0 radical (unpaired) electrons. The molecule has 2 saturated heterocycles. The molecule has 0 atom stereocenters. The molecule has 0 bridgehead atoms. The smallest absolute Gasteiger partial charge is 0.334 e. The lowest BCUT2D eigenvalue weighted by atomic mass is 9.82. The van der Waals surface area contributed by atoms with Gasteiger partial charge in [0.1, 0.15) is 11.2 Å². The van der Waals surface area contributed by atoms with Crippen LogP contribution in [0.5, 0.6) is 11.8 Å². The average Bonchev–Trinajstić information content (AvgIpc) is 3.95. The first kappa shape index (κ1) is 40.3. The topological polar surface area (TPSA) is 153 Å². The monoisotopic (exact) mass is 830 g/mol. The maximum Gasteiger partial charge on any atom is 0.334 e. The largest absolute Gasteiger partial charge is 0.858 e. The highest BCUT2D eigenvalue weighted by molar-refractivity contribution is 5.97. The number of carbonyl (C=O) groups is 2. The second-order valence-corrected chi connectivity index (χ2v) is 16.6. The molecule has 2 saturated carbocycles. The molecule has 316 valence electrons. The lowest BCUT2D eigenvalue weighted by Crippen LogP contribution is -2.30.